The smallest absolute Gasteiger partial charge is 0.243 e. The maximum atomic E-state index is 13.6. The molecule has 0 spiro atoms. The molecule has 2 unspecified atom stereocenters. The molecule has 0 radical (unpaired) electrons. The zero-order valence-corrected chi connectivity index (χ0v) is 14.0. The minimum absolute atomic E-state index is 0.256. The number of benzene rings is 1. The number of sulfonamides is 1. The molecule has 8 heteroatoms. The number of halogens is 2. The van der Waals surface area contributed by atoms with Gasteiger partial charge in [0.1, 0.15) is 16.5 Å². The summed E-state index contributed by atoms with van der Waals surface area (Å²) >= 11 is 0. The molecular weight excluding hydrogens is 326 g/mol. The van der Waals surface area contributed by atoms with Crippen molar-refractivity contribution < 1.29 is 22.3 Å². The van der Waals surface area contributed by atoms with Crippen LogP contribution in [0.4, 0.5) is 8.78 Å². The van der Waals surface area contributed by atoms with Gasteiger partial charge in [-0.3, -0.25) is 4.90 Å². The van der Waals surface area contributed by atoms with Crippen LogP contribution in [0.15, 0.2) is 23.1 Å². The van der Waals surface area contributed by atoms with Crippen molar-refractivity contribution in [2.75, 3.05) is 13.1 Å². The summed E-state index contributed by atoms with van der Waals surface area (Å²) in [6, 6.07) is 2.89. The maximum absolute atomic E-state index is 13.6. The first kappa shape index (κ1) is 18.3. The molecule has 0 saturated carbocycles. The lowest BCUT2D eigenvalue weighted by molar-refractivity contribution is 0.0940. The number of β-amino-alcohol motifs (C(OH)–C–C–N with tert-alkyl or cyclic N) is 1. The van der Waals surface area contributed by atoms with E-state index in [0.29, 0.717) is 24.7 Å². The van der Waals surface area contributed by atoms with Gasteiger partial charge in [0, 0.05) is 25.2 Å². The number of aliphatic hydroxyl groups is 1. The largest absolute Gasteiger partial charge is 0.390 e. The van der Waals surface area contributed by atoms with Gasteiger partial charge in [-0.25, -0.2) is 21.9 Å². The van der Waals surface area contributed by atoms with Crippen LogP contribution in [0.1, 0.15) is 26.7 Å². The van der Waals surface area contributed by atoms with Crippen molar-refractivity contribution in [2.45, 2.75) is 49.8 Å². The van der Waals surface area contributed by atoms with Gasteiger partial charge in [0.05, 0.1) is 6.10 Å². The third-order valence-corrected chi connectivity index (χ3v) is 5.69. The van der Waals surface area contributed by atoms with Crippen LogP contribution in [0.3, 0.4) is 0 Å². The topological polar surface area (TPSA) is 69.6 Å². The first-order chi connectivity index (χ1) is 10.7. The Bertz CT molecular complexity index is 644. The highest BCUT2D eigenvalue weighted by Crippen LogP contribution is 2.23. The normalized spacial score (nSPS) is 24.0. The molecule has 1 fully saturated rings. The summed E-state index contributed by atoms with van der Waals surface area (Å²) in [5.41, 5.74) is 0. The molecule has 23 heavy (non-hydrogen) atoms. The summed E-state index contributed by atoms with van der Waals surface area (Å²) in [5.74, 6) is -1.87. The van der Waals surface area contributed by atoms with E-state index in [9.17, 15) is 22.3 Å². The lowest BCUT2D eigenvalue weighted by atomic mass is 10.2. The monoisotopic (exact) mass is 348 g/mol. The van der Waals surface area contributed by atoms with Crippen molar-refractivity contribution in [3.8, 4) is 0 Å². The zero-order valence-electron chi connectivity index (χ0n) is 13.2. The SMILES string of the molecule is CC1CCC(C)N1C[C@@H](O)CNS(=O)(=O)c1cc(F)ccc1F. The summed E-state index contributed by atoms with van der Waals surface area (Å²) in [6.45, 7) is 4.19. The van der Waals surface area contributed by atoms with Gasteiger partial charge in [-0.2, -0.15) is 0 Å². The maximum Gasteiger partial charge on any atom is 0.243 e. The Hall–Kier alpha value is -1.09. The Morgan fingerprint density at radius 2 is 1.91 bits per heavy atom. The van der Waals surface area contributed by atoms with E-state index in [-0.39, 0.29) is 6.54 Å². The van der Waals surface area contributed by atoms with Crippen molar-refractivity contribution in [3.63, 3.8) is 0 Å². The quantitative estimate of drug-likeness (QED) is 0.817. The van der Waals surface area contributed by atoms with Crippen molar-refractivity contribution >= 4 is 10.0 Å². The van der Waals surface area contributed by atoms with E-state index in [4.69, 9.17) is 0 Å². The Balaban J connectivity index is 1.97. The van der Waals surface area contributed by atoms with Crippen molar-refractivity contribution in [2.24, 2.45) is 0 Å². The summed E-state index contributed by atoms with van der Waals surface area (Å²) in [7, 11) is -4.21. The molecule has 130 valence electrons. The van der Waals surface area contributed by atoms with Crippen LogP contribution in [0, 0.1) is 11.6 Å². The molecule has 0 bridgehead atoms. The lowest BCUT2D eigenvalue weighted by Crippen LogP contribution is -2.43. The van der Waals surface area contributed by atoms with E-state index in [2.05, 4.69) is 23.5 Å². The standard InChI is InChI=1S/C15H22F2N2O3S/c1-10-3-4-11(2)19(10)9-13(20)8-18-23(21,22)15-7-12(16)5-6-14(15)17/h5-7,10-11,13,18,20H,3-4,8-9H2,1-2H3/t10?,11?,13-/m0/s1. The number of hydrogen-bond acceptors (Lipinski definition) is 4. The van der Waals surface area contributed by atoms with E-state index in [1.165, 1.54) is 0 Å². The lowest BCUT2D eigenvalue weighted by Gasteiger charge is -2.28. The van der Waals surface area contributed by atoms with Crippen molar-refractivity contribution in [1.82, 2.24) is 9.62 Å². The summed E-state index contributed by atoms with van der Waals surface area (Å²) in [6.07, 6.45) is 1.15. The van der Waals surface area contributed by atoms with E-state index in [1.807, 2.05) is 0 Å². The predicted octanol–water partition coefficient (Wildman–Crippen LogP) is 1.48. The first-order valence-electron chi connectivity index (χ1n) is 7.59. The van der Waals surface area contributed by atoms with Crippen LogP contribution < -0.4 is 4.72 Å². The number of hydrogen-bond donors (Lipinski definition) is 2. The molecule has 3 atom stereocenters. The fourth-order valence-electron chi connectivity index (χ4n) is 2.88. The molecule has 1 heterocycles. The van der Waals surface area contributed by atoms with E-state index < -0.39 is 32.7 Å². The molecule has 1 aromatic carbocycles. The number of aliphatic hydroxyl groups excluding tert-OH is 1. The van der Waals surface area contributed by atoms with Crippen LogP contribution in [-0.2, 0) is 10.0 Å². The average Bonchev–Trinajstić information content (AvgIpc) is 2.79. The fourth-order valence-corrected chi connectivity index (χ4v) is 4.04. The molecule has 2 rings (SSSR count). The minimum Gasteiger partial charge on any atom is -0.390 e. The Labute approximate surface area is 135 Å². The van der Waals surface area contributed by atoms with Crippen LogP contribution in [-0.4, -0.2) is 49.7 Å². The molecule has 0 amide bonds. The van der Waals surface area contributed by atoms with Crippen LogP contribution in [0.5, 0.6) is 0 Å². The highest BCUT2D eigenvalue weighted by molar-refractivity contribution is 7.89. The molecule has 1 aromatic rings. The van der Waals surface area contributed by atoms with Crippen molar-refractivity contribution in [3.05, 3.63) is 29.8 Å². The second-order valence-electron chi connectivity index (χ2n) is 6.05. The highest BCUT2D eigenvalue weighted by atomic mass is 32.2. The van der Waals surface area contributed by atoms with Crippen LogP contribution >= 0.6 is 0 Å². The third kappa shape index (κ3) is 4.47. The van der Waals surface area contributed by atoms with Crippen LogP contribution in [0.25, 0.3) is 0 Å². The minimum atomic E-state index is -4.21. The average molecular weight is 348 g/mol. The molecular formula is C15H22F2N2O3S. The van der Waals surface area contributed by atoms with Gasteiger partial charge in [0.25, 0.3) is 0 Å². The number of nitrogens with one attached hydrogen (secondary N) is 1. The second-order valence-corrected chi connectivity index (χ2v) is 7.79. The van der Waals surface area contributed by atoms with Gasteiger partial charge >= 0.3 is 0 Å². The molecule has 0 aromatic heterocycles. The number of likely N-dealkylation sites (tertiary alicyclic amines) is 1. The first-order valence-corrected chi connectivity index (χ1v) is 9.07. The second kappa shape index (κ2) is 7.21. The molecule has 1 aliphatic heterocycles. The number of rotatable bonds is 6. The van der Waals surface area contributed by atoms with Gasteiger partial charge in [-0.15, -0.1) is 0 Å². The third-order valence-electron chi connectivity index (χ3n) is 4.25. The Morgan fingerprint density at radius 1 is 1.30 bits per heavy atom. The van der Waals surface area contributed by atoms with Crippen molar-refractivity contribution in [1.29, 1.82) is 0 Å². The summed E-state index contributed by atoms with van der Waals surface area (Å²) in [5, 5.41) is 10.0. The summed E-state index contributed by atoms with van der Waals surface area (Å²) < 4.78 is 52.9. The zero-order chi connectivity index (χ0) is 17.2. The highest BCUT2D eigenvalue weighted by Gasteiger charge is 2.29. The Morgan fingerprint density at radius 3 is 2.52 bits per heavy atom. The molecule has 1 saturated heterocycles. The molecule has 5 nitrogen and oxygen atoms in total. The van der Waals surface area contributed by atoms with E-state index >= 15 is 0 Å². The molecule has 2 N–H and O–H groups in total. The fraction of sp³-hybridized carbons (Fsp3) is 0.600. The van der Waals surface area contributed by atoms with Crippen LogP contribution in [0.2, 0.25) is 0 Å². The Kier molecular flexibility index (Phi) is 5.72. The van der Waals surface area contributed by atoms with E-state index in [1.54, 1.807) is 0 Å². The predicted molar refractivity (Wildman–Crippen MR) is 82.4 cm³/mol. The van der Waals surface area contributed by atoms with Gasteiger partial charge < -0.3 is 5.11 Å². The number of nitrogens with zero attached hydrogens (tertiary/aromatic N) is 1. The van der Waals surface area contributed by atoms with Gasteiger partial charge in [0.2, 0.25) is 10.0 Å². The van der Waals surface area contributed by atoms with Gasteiger partial charge in [0.15, 0.2) is 0 Å². The van der Waals surface area contributed by atoms with Gasteiger partial charge in [-0.1, -0.05) is 0 Å². The van der Waals surface area contributed by atoms with E-state index in [0.717, 1.165) is 25.0 Å². The summed E-state index contributed by atoms with van der Waals surface area (Å²) in [4.78, 5) is 1.36. The molecule has 1 aliphatic rings. The molecule has 0 aliphatic carbocycles. The van der Waals surface area contributed by atoms with Gasteiger partial charge in [-0.05, 0) is 44.9 Å².